The summed E-state index contributed by atoms with van der Waals surface area (Å²) in [5.74, 6) is 0.317. The van der Waals surface area contributed by atoms with Crippen molar-refractivity contribution in [3.8, 4) is 0 Å². The van der Waals surface area contributed by atoms with Crippen LogP contribution in [0.1, 0.15) is 64.5 Å². The zero-order valence-electron chi connectivity index (χ0n) is 19.4. The number of hydrazone groups is 1. The lowest BCUT2D eigenvalue weighted by Crippen LogP contribution is -2.39. The van der Waals surface area contributed by atoms with Gasteiger partial charge in [-0.25, -0.2) is 20.0 Å². The van der Waals surface area contributed by atoms with Gasteiger partial charge in [0.2, 0.25) is 0 Å². The molecular weight excluding hydrogens is 478 g/mol. The fourth-order valence-electron chi connectivity index (χ4n) is 3.52. The molecule has 0 aromatic carbocycles. The van der Waals surface area contributed by atoms with E-state index in [9.17, 15) is 9.59 Å². The van der Waals surface area contributed by atoms with Crippen molar-refractivity contribution in [1.29, 1.82) is 0 Å². The molecule has 0 radical (unpaired) electrons. The summed E-state index contributed by atoms with van der Waals surface area (Å²) in [4.78, 5) is 38.6. The number of alkyl halides is 1. The molecule has 13 heteroatoms. The first-order chi connectivity index (χ1) is 16.0. The summed E-state index contributed by atoms with van der Waals surface area (Å²) in [6, 6.07) is -0.421. The van der Waals surface area contributed by atoms with Crippen LogP contribution in [0.2, 0.25) is 0 Å². The first-order valence-electron chi connectivity index (χ1n) is 10.6. The second-order valence-electron chi connectivity index (χ2n) is 9.07. The Morgan fingerprint density at radius 3 is 2.76 bits per heavy atom. The Balaban J connectivity index is 1.42. The topological polar surface area (TPSA) is 137 Å². The van der Waals surface area contributed by atoms with Crippen LogP contribution in [0.15, 0.2) is 29.3 Å². The predicted octanol–water partition coefficient (Wildman–Crippen LogP) is 2.38. The minimum absolute atomic E-state index is 0.189. The highest BCUT2D eigenvalue weighted by Crippen LogP contribution is 2.31. The SMILES string of the molecule is CC(NC(=O)c1ncnc2c1CN(C)N2)c1ncc(C(=O)NC2=NNC(Cl)C(C(C)(C)C)=C2)s1. The third kappa shape index (κ3) is 5.03. The molecule has 0 fully saturated rings. The molecule has 2 amide bonds. The van der Waals surface area contributed by atoms with E-state index in [2.05, 4.69) is 41.5 Å². The number of amidine groups is 1. The van der Waals surface area contributed by atoms with E-state index < -0.39 is 11.5 Å². The molecule has 4 heterocycles. The first kappa shape index (κ1) is 24.0. The van der Waals surface area contributed by atoms with Gasteiger partial charge >= 0.3 is 0 Å². The van der Waals surface area contributed by atoms with E-state index in [4.69, 9.17) is 11.6 Å². The van der Waals surface area contributed by atoms with Gasteiger partial charge in [-0.05, 0) is 24.0 Å². The van der Waals surface area contributed by atoms with Crippen LogP contribution in [-0.2, 0) is 6.54 Å². The molecule has 0 saturated heterocycles. The molecule has 0 saturated carbocycles. The number of amides is 2. The van der Waals surface area contributed by atoms with Crippen LogP contribution in [0.25, 0.3) is 0 Å². The van der Waals surface area contributed by atoms with Crippen LogP contribution in [0, 0.1) is 5.41 Å². The van der Waals surface area contributed by atoms with E-state index >= 15 is 0 Å². The highest BCUT2D eigenvalue weighted by molar-refractivity contribution is 7.13. The number of anilines is 1. The summed E-state index contributed by atoms with van der Waals surface area (Å²) in [6.07, 6.45) is 4.61. The average molecular weight is 504 g/mol. The number of halogens is 1. The van der Waals surface area contributed by atoms with E-state index in [0.717, 1.165) is 11.1 Å². The Bertz CT molecular complexity index is 1190. The van der Waals surface area contributed by atoms with Crippen molar-refractivity contribution in [2.45, 2.75) is 45.8 Å². The van der Waals surface area contributed by atoms with Crippen molar-refractivity contribution in [3.63, 3.8) is 0 Å². The number of rotatable bonds is 4. The average Bonchev–Trinajstić information content (AvgIpc) is 3.40. The summed E-state index contributed by atoms with van der Waals surface area (Å²) < 4.78 is 0. The van der Waals surface area contributed by atoms with Gasteiger partial charge in [0.1, 0.15) is 33.2 Å². The van der Waals surface area contributed by atoms with Gasteiger partial charge < -0.3 is 16.1 Å². The number of carbonyl (C=O) groups is 2. The number of nitrogens with zero attached hydrogens (tertiary/aromatic N) is 5. The fraction of sp³-hybridized carbons (Fsp3) is 0.429. The van der Waals surface area contributed by atoms with Gasteiger partial charge in [0, 0.05) is 19.2 Å². The largest absolute Gasteiger partial charge is 0.342 e. The van der Waals surface area contributed by atoms with Crippen molar-refractivity contribution >= 4 is 46.4 Å². The predicted molar refractivity (Wildman–Crippen MR) is 130 cm³/mol. The molecule has 2 aliphatic rings. The smallest absolute Gasteiger partial charge is 0.270 e. The molecule has 180 valence electrons. The minimum atomic E-state index is -0.438. The minimum Gasteiger partial charge on any atom is -0.342 e. The standard InChI is InChI=1S/C21H26ClN9O2S/c1-10(26-19(33)15-11-8-31(5)30-17(11)25-9-24-15)20-23-7-13(34-20)18(32)27-14-6-12(21(2,3)4)16(22)29-28-14/h6-7,9-10,16,29H,8H2,1-5H3,(H,26,33)(H,24,25,30)(H,27,28,32). The number of hydrogen-bond donors (Lipinski definition) is 4. The van der Waals surface area contributed by atoms with Crippen molar-refractivity contribution in [2.24, 2.45) is 10.5 Å². The fourth-order valence-corrected chi connectivity index (χ4v) is 4.77. The molecule has 4 rings (SSSR count). The Kier molecular flexibility index (Phi) is 6.56. The van der Waals surface area contributed by atoms with Gasteiger partial charge in [-0.2, -0.15) is 5.10 Å². The van der Waals surface area contributed by atoms with Crippen molar-refractivity contribution in [2.75, 3.05) is 12.5 Å². The molecule has 34 heavy (non-hydrogen) atoms. The van der Waals surface area contributed by atoms with Gasteiger partial charge in [0.25, 0.3) is 11.8 Å². The second kappa shape index (κ2) is 9.28. The number of nitrogens with one attached hydrogen (secondary N) is 4. The highest BCUT2D eigenvalue weighted by atomic mass is 35.5. The number of hydrogen-bond acceptors (Lipinski definition) is 10. The molecule has 2 unspecified atom stereocenters. The van der Waals surface area contributed by atoms with Crippen LogP contribution in [0.3, 0.4) is 0 Å². The normalized spacial score (nSPS) is 18.7. The molecule has 0 bridgehead atoms. The summed E-state index contributed by atoms with van der Waals surface area (Å²) in [5, 5.41) is 12.2. The maximum Gasteiger partial charge on any atom is 0.270 e. The van der Waals surface area contributed by atoms with Crippen molar-refractivity contribution < 1.29 is 9.59 Å². The number of fused-ring (bicyclic) bond motifs is 1. The number of thiazole rings is 1. The molecular formula is C21H26ClN9O2S. The number of carbonyl (C=O) groups excluding carboxylic acids is 2. The van der Waals surface area contributed by atoms with Gasteiger partial charge in [0.15, 0.2) is 5.84 Å². The van der Waals surface area contributed by atoms with Crippen LogP contribution in [0.5, 0.6) is 0 Å². The second-order valence-corrected chi connectivity index (χ2v) is 10.6. The highest BCUT2D eigenvalue weighted by Gasteiger charge is 2.28. The van der Waals surface area contributed by atoms with Crippen LogP contribution >= 0.6 is 22.9 Å². The Morgan fingerprint density at radius 2 is 2.03 bits per heavy atom. The van der Waals surface area contributed by atoms with Crippen molar-refractivity contribution in [1.82, 2.24) is 36.0 Å². The zero-order chi connectivity index (χ0) is 24.6. The van der Waals surface area contributed by atoms with E-state index in [1.54, 1.807) is 13.0 Å². The molecule has 2 atom stereocenters. The van der Waals surface area contributed by atoms with Crippen LogP contribution in [-0.4, -0.2) is 50.2 Å². The Morgan fingerprint density at radius 1 is 1.26 bits per heavy atom. The van der Waals surface area contributed by atoms with Gasteiger partial charge in [0.05, 0.1) is 12.2 Å². The Hall–Kier alpha value is -3.09. The third-order valence-electron chi connectivity index (χ3n) is 5.29. The molecule has 2 aliphatic heterocycles. The van der Waals surface area contributed by atoms with Gasteiger partial charge in [-0.15, -0.1) is 11.3 Å². The Labute approximate surface area is 206 Å². The maximum atomic E-state index is 12.8. The summed E-state index contributed by atoms with van der Waals surface area (Å²) in [7, 11) is 1.86. The third-order valence-corrected chi connectivity index (χ3v) is 6.80. The first-order valence-corrected chi connectivity index (χ1v) is 11.9. The molecule has 0 spiro atoms. The number of aromatic nitrogens is 3. The van der Waals surface area contributed by atoms with Crippen LogP contribution < -0.4 is 21.5 Å². The molecule has 11 nitrogen and oxygen atoms in total. The van der Waals surface area contributed by atoms with E-state index in [1.165, 1.54) is 23.9 Å². The summed E-state index contributed by atoms with van der Waals surface area (Å²) in [6.45, 7) is 8.44. The molecule has 2 aromatic heterocycles. The number of hydrazine groups is 1. The van der Waals surface area contributed by atoms with Crippen molar-refractivity contribution in [3.05, 3.63) is 45.3 Å². The molecule has 0 aliphatic carbocycles. The molecule has 2 aromatic rings. The van der Waals surface area contributed by atoms with Crippen LogP contribution in [0.4, 0.5) is 5.82 Å². The summed E-state index contributed by atoms with van der Waals surface area (Å²) in [5.41, 5.74) is 7.21. The van der Waals surface area contributed by atoms with Gasteiger partial charge in [-0.3, -0.25) is 15.0 Å². The quantitative estimate of drug-likeness (QED) is 0.369. The van der Waals surface area contributed by atoms with E-state index in [0.29, 0.717) is 33.8 Å². The van der Waals surface area contributed by atoms with E-state index in [1.807, 2.05) is 32.8 Å². The lowest BCUT2D eigenvalue weighted by molar-refractivity contribution is 0.0932. The summed E-state index contributed by atoms with van der Waals surface area (Å²) >= 11 is 7.49. The zero-order valence-corrected chi connectivity index (χ0v) is 21.0. The van der Waals surface area contributed by atoms with E-state index in [-0.39, 0.29) is 17.2 Å². The monoisotopic (exact) mass is 503 g/mol. The maximum absolute atomic E-state index is 12.8. The lowest BCUT2D eigenvalue weighted by atomic mass is 9.85. The lowest BCUT2D eigenvalue weighted by Gasteiger charge is -2.29. The van der Waals surface area contributed by atoms with Gasteiger partial charge in [-0.1, -0.05) is 32.4 Å². The molecule has 4 N–H and O–H groups in total.